The van der Waals surface area contributed by atoms with Gasteiger partial charge in [0.25, 0.3) is 5.91 Å². The molecule has 1 amide bonds. The first-order valence-corrected chi connectivity index (χ1v) is 8.02. The lowest BCUT2D eigenvalue weighted by molar-refractivity contribution is -0.137. The fourth-order valence-electron chi connectivity index (χ4n) is 2.15. The summed E-state index contributed by atoms with van der Waals surface area (Å²) in [6.07, 6.45) is -1.79. The Hall–Kier alpha value is -3.13. The third-order valence-corrected chi connectivity index (χ3v) is 3.70. The molecule has 0 saturated heterocycles. The topological polar surface area (TPSA) is 66.9 Å². The summed E-state index contributed by atoms with van der Waals surface area (Å²) in [4.78, 5) is 20.2. The van der Waals surface area contributed by atoms with Crippen LogP contribution in [0.25, 0.3) is 0 Å². The van der Waals surface area contributed by atoms with Gasteiger partial charge in [-0.25, -0.2) is 9.97 Å². The lowest BCUT2D eigenvalue weighted by Crippen LogP contribution is -2.13. The molecule has 2 N–H and O–H groups in total. The van der Waals surface area contributed by atoms with Crippen LogP contribution in [-0.2, 0) is 6.18 Å². The Morgan fingerprint density at radius 2 is 1.63 bits per heavy atom. The third-order valence-electron chi connectivity index (χ3n) is 3.46. The van der Waals surface area contributed by atoms with Crippen molar-refractivity contribution in [3.05, 3.63) is 77.1 Å². The van der Waals surface area contributed by atoms with E-state index in [1.807, 2.05) is 0 Å². The van der Waals surface area contributed by atoms with Crippen molar-refractivity contribution in [3.63, 3.8) is 0 Å². The number of carbonyl (C=O) groups is 1. The molecule has 2 aromatic carbocycles. The molecule has 0 aliphatic carbocycles. The van der Waals surface area contributed by atoms with Crippen LogP contribution in [0.4, 0.5) is 30.5 Å². The van der Waals surface area contributed by atoms with Crippen LogP contribution in [-0.4, -0.2) is 15.9 Å². The van der Waals surface area contributed by atoms with Gasteiger partial charge in [0.15, 0.2) is 0 Å². The van der Waals surface area contributed by atoms with Gasteiger partial charge >= 0.3 is 6.18 Å². The lowest BCUT2D eigenvalue weighted by atomic mass is 10.2. The number of anilines is 3. The van der Waals surface area contributed by atoms with E-state index in [0.717, 1.165) is 12.1 Å². The molecule has 0 atom stereocenters. The van der Waals surface area contributed by atoms with Crippen molar-refractivity contribution in [1.82, 2.24) is 9.97 Å². The van der Waals surface area contributed by atoms with Gasteiger partial charge < -0.3 is 10.6 Å². The van der Waals surface area contributed by atoms with Gasteiger partial charge in [-0.1, -0.05) is 17.7 Å². The van der Waals surface area contributed by atoms with Crippen molar-refractivity contribution in [2.24, 2.45) is 0 Å². The number of benzene rings is 2. The number of hydrogen-bond donors (Lipinski definition) is 2. The number of aromatic nitrogens is 2. The zero-order valence-electron chi connectivity index (χ0n) is 13.6. The van der Waals surface area contributed by atoms with Gasteiger partial charge in [0, 0.05) is 28.8 Å². The summed E-state index contributed by atoms with van der Waals surface area (Å²) < 4.78 is 37.7. The molecule has 27 heavy (non-hydrogen) atoms. The minimum Gasteiger partial charge on any atom is -0.324 e. The van der Waals surface area contributed by atoms with E-state index in [4.69, 9.17) is 11.6 Å². The van der Waals surface area contributed by atoms with E-state index in [9.17, 15) is 18.0 Å². The van der Waals surface area contributed by atoms with E-state index in [-0.39, 0.29) is 11.5 Å². The van der Waals surface area contributed by atoms with Crippen LogP contribution < -0.4 is 10.6 Å². The second-order valence-corrected chi connectivity index (χ2v) is 5.90. The normalized spacial score (nSPS) is 11.1. The second-order valence-electron chi connectivity index (χ2n) is 5.46. The number of nitrogens with zero attached hydrogens (tertiary/aromatic N) is 2. The molecule has 138 valence electrons. The van der Waals surface area contributed by atoms with Crippen molar-refractivity contribution in [3.8, 4) is 0 Å². The summed E-state index contributed by atoms with van der Waals surface area (Å²) in [5.41, 5.74) is 0.383. The Balaban J connectivity index is 1.65. The van der Waals surface area contributed by atoms with Gasteiger partial charge in [-0.2, -0.15) is 13.2 Å². The van der Waals surface area contributed by atoms with Crippen LogP contribution in [0.5, 0.6) is 0 Å². The van der Waals surface area contributed by atoms with Gasteiger partial charge in [0.05, 0.1) is 11.1 Å². The molecule has 0 aliphatic rings. The molecule has 9 heteroatoms. The average Bonchev–Trinajstić information content (AvgIpc) is 2.62. The molecule has 0 unspecified atom stereocenters. The highest BCUT2D eigenvalue weighted by Crippen LogP contribution is 2.30. The van der Waals surface area contributed by atoms with Crippen LogP contribution in [0.2, 0.25) is 5.02 Å². The number of carbonyl (C=O) groups excluding carboxylic acids is 1. The van der Waals surface area contributed by atoms with Crippen molar-refractivity contribution in [1.29, 1.82) is 0 Å². The molecule has 1 heterocycles. The average molecular weight is 393 g/mol. The largest absolute Gasteiger partial charge is 0.416 e. The maximum Gasteiger partial charge on any atom is 0.416 e. The summed E-state index contributed by atoms with van der Waals surface area (Å²) in [6, 6.07) is 11.1. The molecule has 5 nitrogen and oxygen atoms in total. The van der Waals surface area contributed by atoms with Crippen LogP contribution in [0.15, 0.2) is 60.9 Å². The van der Waals surface area contributed by atoms with Gasteiger partial charge in [-0.3, -0.25) is 4.79 Å². The number of halogens is 4. The van der Waals surface area contributed by atoms with Crippen molar-refractivity contribution >= 4 is 34.8 Å². The van der Waals surface area contributed by atoms with Crippen LogP contribution in [0.1, 0.15) is 15.9 Å². The van der Waals surface area contributed by atoms with Gasteiger partial charge in [-0.15, -0.1) is 0 Å². The molecule has 3 rings (SSSR count). The maximum atomic E-state index is 12.6. The zero-order valence-corrected chi connectivity index (χ0v) is 14.3. The van der Waals surface area contributed by atoms with Crippen LogP contribution in [0, 0.1) is 0 Å². The minimum absolute atomic E-state index is 0.147. The van der Waals surface area contributed by atoms with Gasteiger partial charge in [0.1, 0.15) is 0 Å². The molecule has 0 fully saturated rings. The Morgan fingerprint density at radius 3 is 2.22 bits per heavy atom. The monoisotopic (exact) mass is 392 g/mol. The van der Waals surface area contributed by atoms with E-state index in [1.165, 1.54) is 24.5 Å². The van der Waals surface area contributed by atoms with Crippen molar-refractivity contribution < 1.29 is 18.0 Å². The Kier molecular flexibility index (Phi) is 5.27. The number of nitrogens with one attached hydrogen (secondary N) is 2. The standard InChI is InChI=1S/C18H12ClF3N4O/c19-13-2-1-3-15(8-13)25-16(27)11-9-23-17(24-10-11)26-14-6-4-12(5-7-14)18(20,21)22/h1-10H,(H,25,27)(H,23,24,26). The van der Waals surface area contributed by atoms with Gasteiger partial charge in [-0.05, 0) is 42.5 Å². The smallest absolute Gasteiger partial charge is 0.324 e. The first-order chi connectivity index (χ1) is 12.8. The minimum atomic E-state index is -4.40. The molecule has 1 aromatic heterocycles. The summed E-state index contributed by atoms with van der Waals surface area (Å²) in [7, 11) is 0. The van der Waals surface area contributed by atoms with Crippen molar-refractivity contribution in [2.75, 3.05) is 10.6 Å². The molecule has 0 bridgehead atoms. The molecule has 0 radical (unpaired) electrons. The number of rotatable bonds is 4. The predicted molar refractivity (Wildman–Crippen MR) is 96.2 cm³/mol. The first kappa shape index (κ1) is 18.7. The maximum absolute atomic E-state index is 12.6. The number of amides is 1. The lowest BCUT2D eigenvalue weighted by Gasteiger charge is -2.09. The number of alkyl halides is 3. The van der Waals surface area contributed by atoms with E-state index in [2.05, 4.69) is 20.6 Å². The van der Waals surface area contributed by atoms with E-state index in [1.54, 1.807) is 24.3 Å². The second kappa shape index (κ2) is 7.63. The highest BCUT2D eigenvalue weighted by Gasteiger charge is 2.29. The summed E-state index contributed by atoms with van der Waals surface area (Å²) >= 11 is 5.86. The van der Waals surface area contributed by atoms with Gasteiger partial charge in [0.2, 0.25) is 5.95 Å². The predicted octanol–water partition coefficient (Wildman–Crippen LogP) is 5.14. The molecular weight excluding hydrogens is 381 g/mol. The molecule has 0 saturated carbocycles. The third kappa shape index (κ3) is 4.95. The van der Waals surface area contributed by atoms with E-state index < -0.39 is 17.6 Å². The van der Waals surface area contributed by atoms with E-state index >= 15 is 0 Å². The highest BCUT2D eigenvalue weighted by molar-refractivity contribution is 6.30. The summed E-state index contributed by atoms with van der Waals surface area (Å²) in [5.74, 6) is -0.271. The highest BCUT2D eigenvalue weighted by atomic mass is 35.5. The molecule has 3 aromatic rings. The molecular formula is C18H12ClF3N4O. The number of hydrogen-bond acceptors (Lipinski definition) is 4. The van der Waals surface area contributed by atoms with Crippen LogP contribution in [0.3, 0.4) is 0 Å². The van der Waals surface area contributed by atoms with E-state index in [0.29, 0.717) is 16.4 Å². The molecule has 0 aliphatic heterocycles. The fourth-order valence-corrected chi connectivity index (χ4v) is 2.34. The summed E-state index contributed by atoms with van der Waals surface area (Å²) in [5, 5.41) is 5.91. The molecule has 0 spiro atoms. The zero-order chi connectivity index (χ0) is 19.4. The Morgan fingerprint density at radius 1 is 0.963 bits per heavy atom. The van der Waals surface area contributed by atoms with Crippen molar-refractivity contribution in [2.45, 2.75) is 6.18 Å². The first-order valence-electron chi connectivity index (χ1n) is 7.64. The quantitative estimate of drug-likeness (QED) is 0.644. The fraction of sp³-hybridized carbons (Fsp3) is 0.0556. The Bertz CT molecular complexity index is 944. The Labute approximate surface area is 157 Å². The van der Waals surface area contributed by atoms with Crippen LogP contribution >= 0.6 is 11.6 Å². The summed E-state index contributed by atoms with van der Waals surface area (Å²) in [6.45, 7) is 0. The SMILES string of the molecule is O=C(Nc1cccc(Cl)c1)c1cnc(Nc2ccc(C(F)(F)F)cc2)nc1.